The number of esters is 1. The molecule has 1 N–H and O–H groups in total. The molecule has 0 saturated carbocycles. The van der Waals surface area contributed by atoms with Gasteiger partial charge < -0.3 is 10.1 Å². The first-order valence-corrected chi connectivity index (χ1v) is 9.14. The van der Waals surface area contributed by atoms with E-state index in [0.29, 0.717) is 11.0 Å². The Hall–Kier alpha value is -3.01. The van der Waals surface area contributed by atoms with Crippen LogP contribution in [0.4, 0.5) is 0 Å². The van der Waals surface area contributed by atoms with Crippen molar-refractivity contribution in [2.75, 3.05) is 7.11 Å². The van der Waals surface area contributed by atoms with Gasteiger partial charge in [0.15, 0.2) is 5.65 Å². The lowest BCUT2D eigenvalue weighted by Crippen LogP contribution is -2.31. The average molecular weight is 389 g/mol. The Balaban J connectivity index is 1.67. The topological polar surface area (TPSA) is 108 Å². The zero-order valence-corrected chi connectivity index (χ0v) is 15.7. The summed E-state index contributed by atoms with van der Waals surface area (Å²) in [4.78, 5) is 41.5. The maximum absolute atomic E-state index is 12.4. The number of aromatic nitrogens is 4. The van der Waals surface area contributed by atoms with E-state index in [1.54, 1.807) is 7.05 Å². The molecule has 1 unspecified atom stereocenters. The van der Waals surface area contributed by atoms with Crippen LogP contribution in [0.25, 0.3) is 11.0 Å². The maximum atomic E-state index is 12.4. The molecule has 3 aromatic rings. The molecule has 9 nitrogen and oxygen atoms in total. The lowest BCUT2D eigenvalue weighted by Gasteiger charge is -2.16. The number of rotatable bonds is 7. The van der Waals surface area contributed by atoms with E-state index >= 15 is 0 Å². The Bertz CT molecular complexity index is 1010. The van der Waals surface area contributed by atoms with E-state index in [-0.39, 0.29) is 30.9 Å². The second-order valence-electron chi connectivity index (χ2n) is 5.91. The van der Waals surface area contributed by atoms with Crippen LogP contribution >= 0.6 is 11.3 Å². The summed E-state index contributed by atoms with van der Waals surface area (Å²) in [6.07, 6.45) is 3.00. The van der Waals surface area contributed by atoms with Crippen LogP contribution in [0.5, 0.6) is 0 Å². The highest BCUT2D eigenvalue weighted by Gasteiger charge is 2.20. The molecule has 10 heteroatoms. The summed E-state index contributed by atoms with van der Waals surface area (Å²) in [6, 6.07) is 3.24. The van der Waals surface area contributed by atoms with Gasteiger partial charge in [0.1, 0.15) is 5.39 Å². The summed E-state index contributed by atoms with van der Waals surface area (Å²) < 4.78 is 7.60. The van der Waals surface area contributed by atoms with Gasteiger partial charge in [0.05, 0.1) is 32.1 Å². The zero-order chi connectivity index (χ0) is 19.4. The van der Waals surface area contributed by atoms with Crippen molar-refractivity contribution in [3.8, 4) is 0 Å². The predicted octanol–water partition coefficient (Wildman–Crippen LogP) is 1.00. The van der Waals surface area contributed by atoms with Crippen LogP contribution in [0, 0.1) is 0 Å². The Morgan fingerprint density at radius 2 is 2.22 bits per heavy atom. The zero-order valence-electron chi connectivity index (χ0n) is 14.9. The summed E-state index contributed by atoms with van der Waals surface area (Å²) in [6.45, 7) is 0.178. The number of hydrogen-bond acceptors (Lipinski definition) is 7. The fourth-order valence-corrected chi connectivity index (χ4v) is 3.45. The van der Waals surface area contributed by atoms with E-state index in [2.05, 4.69) is 15.4 Å². The molecule has 3 rings (SSSR count). The van der Waals surface area contributed by atoms with E-state index in [9.17, 15) is 14.4 Å². The summed E-state index contributed by atoms with van der Waals surface area (Å²) in [5, 5.41) is 9.13. The number of thiophene rings is 1. The smallest absolute Gasteiger partial charge is 0.307 e. The molecule has 1 amide bonds. The number of nitrogens with zero attached hydrogens (tertiary/aromatic N) is 4. The minimum Gasteiger partial charge on any atom is -0.469 e. The Kier molecular flexibility index (Phi) is 5.65. The van der Waals surface area contributed by atoms with Crippen LogP contribution in [-0.4, -0.2) is 38.3 Å². The molecular formula is C17H19N5O4S. The normalized spacial score (nSPS) is 12.1. The fraction of sp³-hybridized carbons (Fsp3) is 0.353. The highest BCUT2D eigenvalue weighted by Crippen LogP contribution is 2.22. The van der Waals surface area contributed by atoms with Gasteiger partial charge in [-0.1, -0.05) is 6.07 Å². The quantitative estimate of drug-likeness (QED) is 0.604. The second kappa shape index (κ2) is 8.12. The molecule has 0 aliphatic heterocycles. The number of fused-ring (bicyclic) bond motifs is 1. The van der Waals surface area contributed by atoms with Crippen LogP contribution in [0.15, 0.2) is 34.8 Å². The van der Waals surface area contributed by atoms with Gasteiger partial charge in [-0.3, -0.25) is 23.6 Å². The highest BCUT2D eigenvalue weighted by molar-refractivity contribution is 7.10. The van der Waals surface area contributed by atoms with Crippen LogP contribution < -0.4 is 10.9 Å². The number of aryl methyl sites for hydroxylation is 2. The molecule has 27 heavy (non-hydrogen) atoms. The third-order valence-corrected chi connectivity index (χ3v) is 5.10. The molecule has 0 aliphatic rings. The predicted molar refractivity (Wildman–Crippen MR) is 99.2 cm³/mol. The summed E-state index contributed by atoms with van der Waals surface area (Å²) >= 11 is 1.45. The summed E-state index contributed by atoms with van der Waals surface area (Å²) in [5.74, 6) is -0.674. The van der Waals surface area contributed by atoms with E-state index in [1.807, 2.05) is 17.5 Å². The first-order valence-electron chi connectivity index (χ1n) is 8.26. The molecule has 1 atom stereocenters. The highest BCUT2D eigenvalue weighted by atomic mass is 32.1. The third kappa shape index (κ3) is 4.22. The van der Waals surface area contributed by atoms with Gasteiger partial charge >= 0.3 is 5.97 Å². The van der Waals surface area contributed by atoms with E-state index in [1.165, 1.54) is 40.2 Å². The van der Waals surface area contributed by atoms with Crippen molar-refractivity contribution in [2.24, 2.45) is 7.05 Å². The third-order valence-electron chi connectivity index (χ3n) is 4.12. The molecule has 0 aliphatic carbocycles. The molecule has 0 saturated heterocycles. The average Bonchev–Trinajstić information content (AvgIpc) is 3.31. The van der Waals surface area contributed by atoms with Crippen molar-refractivity contribution in [1.82, 2.24) is 24.6 Å². The van der Waals surface area contributed by atoms with Gasteiger partial charge in [0, 0.05) is 24.9 Å². The number of hydrogen-bond donors (Lipinski definition) is 1. The molecule has 142 valence electrons. The maximum Gasteiger partial charge on any atom is 0.307 e. The van der Waals surface area contributed by atoms with Crippen LogP contribution in [0.2, 0.25) is 0 Å². The minimum absolute atomic E-state index is 0.0475. The lowest BCUT2D eigenvalue weighted by atomic mass is 10.1. The summed E-state index contributed by atoms with van der Waals surface area (Å²) in [5.41, 5.74) is 0.252. The number of carbonyl (C=O) groups excluding carboxylic acids is 2. The molecular weight excluding hydrogens is 370 g/mol. The van der Waals surface area contributed by atoms with Crippen molar-refractivity contribution in [3.63, 3.8) is 0 Å². The standard InChI is InChI=1S/C17H19N5O4S/c1-21-16-11(9-19-21)17(25)22(10-18-16)6-5-14(23)20-12(8-15(24)26-2)13-4-3-7-27-13/h3-4,7,9-10,12H,5-6,8H2,1-2H3,(H,20,23). The van der Waals surface area contributed by atoms with Gasteiger partial charge in [-0.15, -0.1) is 11.3 Å². The van der Waals surface area contributed by atoms with E-state index in [0.717, 1.165) is 4.88 Å². The largest absolute Gasteiger partial charge is 0.469 e. The number of amides is 1. The molecule has 0 spiro atoms. The Morgan fingerprint density at radius 3 is 2.93 bits per heavy atom. The monoisotopic (exact) mass is 389 g/mol. The van der Waals surface area contributed by atoms with Crippen molar-refractivity contribution < 1.29 is 14.3 Å². The number of ether oxygens (including phenoxy) is 1. The van der Waals surface area contributed by atoms with Crippen LogP contribution in [-0.2, 0) is 27.9 Å². The second-order valence-corrected chi connectivity index (χ2v) is 6.89. The van der Waals surface area contributed by atoms with Gasteiger partial charge in [-0.2, -0.15) is 5.10 Å². The first-order chi connectivity index (χ1) is 13.0. The fourth-order valence-electron chi connectivity index (χ4n) is 2.68. The molecule has 3 heterocycles. The SMILES string of the molecule is COC(=O)CC(NC(=O)CCn1cnc2c(cnn2C)c1=O)c1cccs1. The number of carbonyl (C=O) groups is 2. The van der Waals surface area contributed by atoms with Gasteiger partial charge in [0.25, 0.3) is 5.56 Å². The van der Waals surface area contributed by atoms with Gasteiger partial charge in [0.2, 0.25) is 5.91 Å². The summed E-state index contributed by atoms with van der Waals surface area (Å²) in [7, 11) is 3.02. The van der Waals surface area contributed by atoms with Crippen LogP contribution in [0.3, 0.4) is 0 Å². The Morgan fingerprint density at radius 1 is 1.41 bits per heavy atom. The Labute approximate surface area is 158 Å². The lowest BCUT2D eigenvalue weighted by molar-refractivity contribution is -0.141. The van der Waals surface area contributed by atoms with E-state index in [4.69, 9.17) is 4.74 Å². The van der Waals surface area contributed by atoms with Crippen molar-refractivity contribution in [3.05, 3.63) is 45.3 Å². The molecule has 3 aromatic heterocycles. The first kappa shape index (κ1) is 18.8. The number of methoxy groups -OCH3 is 1. The molecule has 0 aromatic carbocycles. The van der Waals surface area contributed by atoms with Crippen molar-refractivity contribution >= 4 is 34.2 Å². The molecule has 0 fully saturated rings. The molecule has 0 radical (unpaired) electrons. The number of nitrogens with one attached hydrogen (secondary N) is 1. The van der Waals surface area contributed by atoms with Crippen LogP contribution in [0.1, 0.15) is 23.8 Å². The van der Waals surface area contributed by atoms with Crippen molar-refractivity contribution in [2.45, 2.75) is 25.4 Å². The molecule has 0 bridgehead atoms. The minimum atomic E-state index is -0.458. The van der Waals surface area contributed by atoms with Gasteiger partial charge in [-0.05, 0) is 11.4 Å². The van der Waals surface area contributed by atoms with E-state index < -0.39 is 12.0 Å². The van der Waals surface area contributed by atoms with Crippen molar-refractivity contribution in [1.29, 1.82) is 0 Å². The van der Waals surface area contributed by atoms with Gasteiger partial charge in [-0.25, -0.2) is 4.98 Å².